The summed E-state index contributed by atoms with van der Waals surface area (Å²) in [6.07, 6.45) is 3.37. The Bertz CT molecular complexity index is 2990. The molecule has 20 heteroatoms. The number of likely N-dealkylation sites (tertiary alicyclic amines) is 1. The van der Waals surface area contributed by atoms with E-state index in [1.165, 1.54) is 11.3 Å². The summed E-state index contributed by atoms with van der Waals surface area (Å²) in [7, 11) is 0. The summed E-state index contributed by atoms with van der Waals surface area (Å²) < 4.78 is 17.4. The molecule has 2 saturated heterocycles. The molecule has 18 nitrogen and oxygen atoms in total. The second kappa shape index (κ2) is 27.3. The van der Waals surface area contributed by atoms with E-state index in [9.17, 15) is 24.3 Å². The molecule has 2 fully saturated rings. The van der Waals surface area contributed by atoms with Crippen LogP contribution in [0.1, 0.15) is 85.4 Å². The molecule has 1 unspecified atom stereocenters. The van der Waals surface area contributed by atoms with Gasteiger partial charge in [-0.05, 0) is 71.7 Å². The standard InChI is InChI=1S/C60H74N10O8S2/c1-40(42-11-13-44(14-12-42)55-41(2)63-39-80-55)64-56(73)50-34-48(71)37-69(50)38-51(60(3,4)5)65-53(72)19-26-76-28-30-78-31-29-77-27-25-67-21-23-68(24-22-67)52-18-17-46(35-62-52)45-15-16-47-36-70(58(75)49(47)33-45)54(43-9-7-6-8-10-43)57(74)66-59-61-20-32-79-59/h6-18,20,32-33,35,39-40,48,50-51,54,71H,19,21-31,34,36-38H2,1-5H3,(H,64,73)(H,65,72)(H,61,66,74)/t40-,48+,50-,51+,54?/m0/s1. The average molecular weight is 1130 g/mol. The highest BCUT2D eigenvalue weighted by Gasteiger charge is 2.41. The van der Waals surface area contributed by atoms with Gasteiger partial charge in [0.1, 0.15) is 11.9 Å². The van der Waals surface area contributed by atoms with Crippen LogP contribution < -0.4 is 20.9 Å². The van der Waals surface area contributed by atoms with Crippen LogP contribution in [0, 0.1) is 12.3 Å². The molecule has 6 heterocycles. The van der Waals surface area contributed by atoms with E-state index in [2.05, 4.69) is 68.6 Å². The minimum atomic E-state index is -0.818. The van der Waals surface area contributed by atoms with Gasteiger partial charge in [-0.15, -0.1) is 22.7 Å². The predicted octanol–water partition coefficient (Wildman–Crippen LogP) is 7.38. The van der Waals surface area contributed by atoms with Crippen molar-refractivity contribution in [3.05, 3.63) is 136 Å². The highest BCUT2D eigenvalue weighted by Crippen LogP contribution is 2.36. The summed E-state index contributed by atoms with van der Waals surface area (Å²) in [6.45, 7) is 18.0. The second-order valence-electron chi connectivity index (χ2n) is 21.7. The smallest absolute Gasteiger partial charge is 0.255 e. The zero-order valence-corrected chi connectivity index (χ0v) is 48.0. The third-order valence-corrected chi connectivity index (χ3v) is 16.8. The molecule has 5 atom stereocenters. The van der Waals surface area contributed by atoms with Crippen LogP contribution in [0.5, 0.6) is 0 Å². The summed E-state index contributed by atoms with van der Waals surface area (Å²) in [6, 6.07) is 25.7. The number of thiazole rings is 2. The van der Waals surface area contributed by atoms with E-state index in [1.807, 2.05) is 103 Å². The number of carbonyl (C=O) groups is 4. The van der Waals surface area contributed by atoms with Crippen LogP contribution in [0.3, 0.4) is 0 Å². The van der Waals surface area contributed by atoms with Crippen molar-refractivity contribution in [2.75, 3.05) is 95.7 Å². The molecule has 6 aromatic rings. The molecule has 3 aliphatic heterocycles. The topological polar surface area (TPSA) is 204 Å². The van der Waals surface area contributed by atoms with Crippen molar-refractivity contribution in [1.82, 2.24) is 40.3 Å². The van der Waals surface area contributed by atoms with Crippen LogP contribution in [-0.4, -0.2) is 162 Å². The molecule has 3 aromatic carbocycles. The van der Waals surface area contributed by atoms with Gasteiger partial charge in [0.25, 0.3) is 11.8 Å². The molecule has 4 amide bonds. The number of aliphatic hydroxyl groups excluding tert-OH is 1. The highest BCUT2D eigenvalue weighted by molar-refractivity contribution is 7.14. The Kier molecular flexibility index (Phi) is 19.9. The fourth-order valence-electron chi connectivity index (χ4n) is 10.4. The Morgan fingerprint density at radius 2 is 1.51 bits per heavy atom. The number of aryl methyl sites for hydroxylation is 1. The number of ether oxygens (including phenoxy) is 3. The molecule has 424 valence electrons. The molecular weight excluding hydrogens is 1050 g/mol. The largest absolute Gasteiger partial charge is 0.392 e. The lowest BCUT2D eigenvalue weighted by atomic mass is 9.86. The van der Waals surface area contributed by atoms with E-state index >= 15 is 0 Å². The number of fused-ring (bicyclic) bond motifs is 1. The number of hydrogen-bond donors (Lipinski definition) is 4. The normalized spacial score (nSPS) is 18.0. The number of anilines is 2. The van der Waals surface area contributed by atoms with Gasteiger partial charge < -0.3 is 39.8 Å². The van der Waals surface area contributed by atoms with Crippen LogP contribution >= 0.6 is 22.7 Å². The van der Waals surface area contributed by atoms with Gasteiger partial charge in [-0.3, -0.25) is 34.3 Å². The quantitative estimate of drug-likeness (QED) is 0.0414. The lowest BCUT2D eigenvalue weighted by Gasteiger charge is -2.36. The van der Waals surface area contributed by atoms with Gasteiger partial charge in [-0.25, -0.2) is 15.0 Å². The van der Waals surface area contributed by atoms with Gasteiger partial charge in [0.05, 0.1) is 73.9 Å². The van der Waals surface area contributed by atoms with Gasteiger partial charge >= 0.3 is 0 Å². The Morgan fingerprint density at radius 1 is 0.800 bits per heavy atom. The van der Waals surface area contributed by atoms with Crippen molar-refractivity contribution in [3.63, 3.8) is 0 Å². The maximum atomic E-state index is 14.0. The molecular formula is C60H74N10O8S2. The fraction of sp³-hybridized carbons (Fsp3) is 0.450. The highest BCUT2D eigenvalue weighted by atomic mass is 32.1. The number of hydrogen-bond acceptors (Lipinski definition) is 16. The fourth-order valence-corrected chi connectivity index (χ4v) is 11.8. The predicted molar refractivity (Wildman–Crippen MR) is 311 cm³/mol. The molecule has 9 rings (SSSR count). The molecule has 3 aliphatic rings. The van der Waals surface area contributed by atoms with Gasteiger partial charge in [-0.2, -0.15) is 0 Å². The van der Waals surface area contributed by atoms with Crippen molar-refractivity contribution < 1.29 is 38.5 Å². The molecule has 0 aliphatic carbocycles. The lowest BCUT2D eigenvalue weighted by molar-refractivity contribution is -0.126. The van der Waals surface area contributed by atoms with E-state index in [0.717, 1.165) is 82.5 Å². The van der Waals surface area contributed by atoms with E-state index < -0.39 is 18.2 Å². The Balaban J connectivity index is 0.624. The minimum absolute atomic E-state index is 0.134. The minimum Gasteiger partial charge on any atom is -0.392 e. The summed E-state index contributed by atoms with van der Waals surface area (Å²) in [4.78, 5) is 77.3. The van der Waals surface area contributed by atoms with Crippen molar-refractivity contribution in [2.45, 2.75) is 84.3 Å². The third kappa shape index (κ3) is 15.1. The van der Waals surface area contributed by atoms with Crippen LogP contribution in [0.15, 0.2) is 108 Å². The number of β-amino-alcohol motifs (C(OH)–C–C–N with tert-alkyl or cyclic N) is 1. The summed E-state index contributed by atoms with van der Waals surface area (Å²) >= 11 is 2.94. The second-order valence-corrected chi connectivity index (χ2v) is 23.5. The maximum Gasteiger partial charge on any atom is 0.255 e. The number of rotatable bonds is 25. The van der Waals surface area contributed by atoms with Crippen LogP contribution in [0.2, 0.25) is 0 Å². The summed E-state index contributed by atoms with van der Waals surface area (Å²) in [5.74, 6) is 0.129. The van der Waals surface area contributed by atoms with Crippen molar-refractivity contribution in [1.29, 1.82) is 0 Å². The summed E-state index contributed by atoms with van der Waals surface area (Å²) in [5.41, 5.74) is 8.59. The van der Waals surface area contributed by atoms with E-state index in [0.29, 0.717) is 69.8 Å². The Labute approximate surface area is 476 Å². The number of aromatic nitrogens is 3. The number of aliphatic hydroxyl groups is 1. The number of amides is 4. The first-order chi connectivity index (χ1) is 38.7. The van der Waals surface area contributed by atoms with Crippen molar-refractivity contribution in [2.24, 2.45) is 5.41 Å². The van der Waals surface area contributed by atoms with Crippen LogP contribution in [0.4, 0.5) is 10.9 Å². The Hall–Kier alpha value is -6.49. The summed E-state index contributed by atoms with van der Waals surface area (Å²) in [5, 5.41) is 22.2. The first kappa shape index (κ1) is 58.2. The maximum absolute atomic E-state index is 14.0. The van der Waals surface area contributed by atoms with Crippen molar-refractivity contribution >= 4 is 57.3 Å². The molecule has 3 aromatic heterocycles. The van der Waals surface area contributed by atoms with Crippen LogP contribution in [0.25, 0.3) is 21.6 Å². The molecule has 80 heavy (non-hydrogen) atoms. The van der Waals surface area contributed by atoms with Crippen LogP contribution in [-0.2, 0) is 35.1 Å². The van der Waals surface area contributed by atoms with Gasteiger partial charge in [0, 0.05) is 93.7 Å². The van der Waals surface area contributed by atoms with Gasteiger partial charge in [-0.1, -0.05) is 87.5 Å². The molecule has 4 N–H and O–H groups in total. The average Bonchev–Trinajstić information content (AvgIpc) is 4.29. The number of pyridine rings is 1. The number of nitrogens with zero attached hydrogens (tertiary/aromatic N) is 7. The third-order valence-electron chi connectivity index (χ3n) is 15.1. The van der Waals surface area contributed by atoms with E-state index in [-0.39, 0.29) is 54.2 Å². The van der Waals surface area contributed by atoms with Crippen molar-refractivity contribution in [3.8, 4) is 21.6 Å². The first-order valence-corrected chi connectivity index (χ1v) is 29.3. The zero-order chi connectivity index (χ0) is 56.2. The SMILES string of the molecule is Cc1ncsc1-c1ccc([C@H](C)NC(=O)[C@@H]2C[C@@H](O)CN2C[C@@H](NC(=O)CCOCCOCCOCCN2CCN(c3ccc(-c4ccc5c(c4)C(=O)N(C(C(=O)Nc4nccs4)c4ccccc4)C5)cn3)CC2)C(C)(C)C)cc1. The lowest BCUT2D eigenvalue weighted by Crippen LogP contribution is -2.54. The van der Waals surface area contributed by atoms with E-state index in [1.54, 1.807) is 27.8 Å². The number of piperazine rings is 1. The first-order valence-electron chi connectivity index (χ1n) is 27.6. The number of benzene rings is 3. The molecule has 0 bridgehead atoms. The Morgan fingerprint density at radius 3 is 2.19 bits per heavy atom. The number of carbonyl (C=O) groups excluding carboxylic acids is 4. The molecule has 0 saturated carbocycles. The molecule has 0 spiro atoms. The monoisotopic (exact) mass is 1130 g/mol. The van der Waals surface area contributed by atoms with E-state index in [4.69, 9.17) is 19.2 Å². The van der Waals surface area contributed by atoms with Gasteiger partial charge in [0.15, 0.2) is 5.13 Å². The van der Waals surface area contributed by atoms with Gasteiger partial charge in [0.2, 0.25) is 11.8 Å². The molecule has 0 radical (unpaired) electrons. The number of nitrogens with one attached hydrogen (secondary N) is 3. The zero-order valence-electron chi connectivity index (χ0n) is 46.3.